The van der Waals surface area contributed by atoms with Crippen LogP contribution in [0.2, 0.25) is 0 Å². The molecule has 1 N–H and O–H groups in total. The minimum Gasteiger partial charge on any atom is -0.360 e. The van der Waals surface area contributed by atoms with Crippen LogP contribution in [-0.2, 0) is 6.54 Å². The molecule has 0 amide bonds. The zero-order chi connectivity index (χ0) is 10.7. The number of rotatable bonds is 4. The fourth-order valence-corrected chi connectivity index (χ4v) is 2.16. The molecule has 2 heterocycles. The molecule has 0 aliphatic heterocycles. The van der Waals surface area contributed by atoms with Crippen molar-refractivity contribution < 1.29 is 0 Å². The monoisotopic (exact) mass is 223 g/mol. The quantitative estimate of drug-likeness (QED) is 0.859. The molecular weight excluding hydrogens is 210 g/mol. The van der Waals surface area contributed by atoms with E-state index in [-0.39, 0.29) is 0 Å². The third kappa shape index (κ3) is 1.99. The van der Waals surface area contributed by atoms with E-state index in [1.165, 1.54) is 0 Å². The fourth-order valence-electron chi connectivity index (χ4n) is 1.32. The van der Waals surface area contributed by atoms with Gasteiger partial charge in [0, 0.05) is 19.3 Å². The summed E-state index contributed by atoms with van der Waals surface area (Å²) in [6.45, 7) is 5.81. The summed E-state index contributed by atoms with van der Waals surface area (Å²) in [5.74, 6) is 0. The van der Waals surface area contributed by atoms with Crippen LogP contribution in [-0.4, -0.2) is 26.5 Å². The molecule has 0 fully saturated rings. The van der Waals surface area contributed by atoms with E-state index < -0.39 is 0 Å². The van der Waals surface area contributed by atoms with E-state index in [1.54, 1.807) is 17.5 Å². The first-order valence-corrected chi connectivity index (χ1v) is 5.76. The number of nitrogens with one attached hydrogen (secondary N) is 1. The Morgan fingerprint density at radius 2 is 2.27 bits per heavy atom. The van der Waals surface area contributed by atoms with E-state index >= 15 is 0 Å². The molecule has 0 bridgehead atoms. The second kappa shape index (κ2) is 4.39. The van der Waals surface area contributed by atoms with Crippen LogP contribution in [0.25, 0.3) is 10.7 Å². The number of aryl methyl sites for hydroxylation is 1. The summed E-state index contributed by atoms with van der Waals surface area (Å²) in [6, 6.07) is 1.96. The zero-order valence-electron chi connectivity index (χ0n) is 8.77. The first-order chi connectivity index (χ1) is 7.35. The van der Waals surface area contributed by atoms with Crippen molar-refractivity contribution in [3.05, 3.63) is 12.3 Å². The van der Waals surface area contributed by atoms with Crippen molar-refractivity contribution in [3.8, 4) is 10.7 Å². The van der Waals surface area contributed by atoms with Crippen molar-refractivity contribution in [1.29, 1.82) is 0 Å². The lowest BCUT2D eigenvalue weighted by atomic mass is 10.4. The van der Waals surface area contributed by atoms with E-state index in [2.05, 4.69) is 27.5 Å². The van der Waals surface area contributed by atoms with Crippen molar-refractivity contribution >= 4 is 16.5 Å². The van der Waals surface area contributed by atoms with Crippen molar-refractivity contribution in [3.63, 3.8) is 0 Å². The molecule has 0 radical (unpaired) electrons. The van der Waals surface area contributed by atoms with Gasteiger partial charge in [-0.25, -0.2) is 0 Å². The van der Waals surface area contributed by atoms with Gasteiger partial charge in [-0.2, -0.15) is 5.10 Å². The number of hydrogen-bond acceptors (Lipinski definition) is 5. The lowest BCUT2D eigenvalue weighted by Gasteiger charge is -1.98. The maximum absolute atomic E-state index is 4.20. The zero-order valence-corrected chi connectivity index (χ0v) is 9.58. The van der Waals surface area contributed by atoms with Gasteiger partial charge < -0.3 is 5.32 Å². The molecule has 2 aromatic rings. The molecule has 6 heteroatoms. The van der Waals surface area contributed by atoms with Crippen LogP contribution in [0.5, 0.6) is 0 Å². The first-order valence-electron chi connectivity index (χ1n) is 4.94. The molecule has 0 aliphatic carbocycles. The fraction of sp³-hybridized carbons (Fsp3) is 0.444. The second-order valence-corrected chi connectivity index (χ2v) is 3.95. The lowest BCUT2D eigenvalue weighted by Crippen LogP contribution is -1.98. The number of aromatic nitrogens is 4. The summed E-state index contributed by atoms with van der Waals surface area (Å²) >= 11 is 1.55. The molecular formula is C9H13N5S. The Kier molecular flexibility index (Phi) is 2.96. The van der Waals surface area contributed by atoms with Gasteiger partial charge in [-0.05, 0) is 19.9 Å². The maximum Gasteiger partial charge on any atom is 0.206 e. The molecule has 0 atom stereocenters. The van der Waals surface area contributed by atoms with E-state index in [9.17, 15) is 0 Å². The maximum atomic E-state index is 4.20. The number of anilines is 1. The second-order valence-electron chi connectivity index (χ2n) is 2.97. The third-order valence-corrected chi connectivity index (χ3v) is 2.89. The van der Waals surface area contributed by atoms with Crippen LogP contribution >= 0.6 is 11.3 Å². The van der Waals surface area contributed by atoms with Crippen LogP contribution in [0.1, 0.15) is 13.8 Å². The molecule has 15 heavy (non-hydrogen) atoms. The average molecular weight is 223 g/mol. The minimum atomic E-state index is 0.846. The topological polar surface area (TPSA) is 55.6 Å². The van der Waals surface area contributed by atoms with E-state index in [1.807, 2.05) is 17.7 Å². The predicted octanol–water partition coefficient (Wildman–Crippen LogP) is 1.85. The van der Waals surface area contributed by atoms with Crippen LogP contribution < -0.4 is 5.32 Å². The Bertz CT molecular complexity index is 433. The van der Waals surface area contributed by atoms with Crippen molar-refractivity contribution in [2.45, 2.75) is 20.4 Å². The van der Waals surface area contributed by atoms with Gasteiger partial charge in [-0.15, -0.1) is 10.2 Å². The summed E-state index contributed by atoms with van der Waals surface area (Å²) < 4.78 is 1.91. The van der Waals surface area contributed by atoms with Gasteiger partial charge in [-0.1, -0.05) is 11.3 Å². The Hall–Kier alpha value is -1.43. The predicted molar refractivity (Wildman–Crippen MR) is 61.0 cm³/mol. The standard InChI is InChI=1S/C9H13N5S/c1-3-10-9-13-12-8(15-9)7-5-6-11-14(7)4-2/h5-6H,3-4H2,1-2H3,(H,10,13). The molecule has 0 saturated carbocycles. The highest BCUT2D eigenvalue weighted by Gasteiger charge is 2.09. The molecule has 0 aromatic carbocycles. The summed E-state index contributed by atoms with van der Waals surface area (Å²) in [6.07, 6.45) is 1.78. The molecule has 2 rings (SSSR count). The van der Waals surface area contributed by atoms with Crippen molar-refractivity contribution in [2.75, 3.05) is 11.9 Å². The number of nitrogens with zero attached hydrogens (tertiary/aromatic N) is 4. The molecule has 5 nitrogen and oxygen atoms in total. The molecule has 0 unspecified atom stereocenters. The van der Waals surface area contributed by atoms with Crippen LogP contribution in [0.3, 0.4) is 0 Å². The van der Waals surface area contributed by atoms with E-state index in [0.717, 1.165) is 28.9 Å². The SMILES string of the molecule is CCNc1nnc(-c2ccnn2CC)s1. The van der Waals surface area contributed by atoms with Gasteiger partial charge in [0.05, 0.1) is 5.69 Å². The summed E-state index contributed by atoms with van der Waals surface area (Å²) in [5, 5.41) is 17.3. The van der Waals surface area contributed by atoms with Crippen molar-refractivity contribution in [2.24, 2.45) is 0 Å². The molecule has 0 spiro atoms. The Morgan fingerprint density at radius 3 is 3.00 bits per heavy atom. The van der Waals surface area contributed by atoms with E-state index in [0.29, 0.717) is 0 Å². The van der Waals surface area contributed by atoms with Gasteiger partial charge in [-0.3, -0.25) is 4.68 Å². The molecule has 80 valence electrons. The van der Waals surface area contributed by atoms with Gasteiger partial charge in [0.2, 0.25) is 5.13 Å². The molecule has 0 aliphatic rings. The van der Waals surface area contributed by atoms with Gasteiger partial charge in [0.15, 0.2) is 5.01 Å². The van der Waals surface area contributed by atoms with Crippen LogP contribution in [0.15, 0.2) is 12.3 Å². The third-order valence-electron chi connectivity index (χ3n) is 1.99. The van der Waals surface area contributed by atoms with Gasteiger partial charge >= 0.3 is 0 Å². The summed E-state index contributed by atoms with van der Waals surface area (Å²) in [7, 11) is 0. The van der Waals surface area contributed by atoms with Crippen LogP contribution in [0.4, 0.5) is 5.13 Å². The van der Waals surface area contributed by atoms with E-state index in [4.69, 9.17) is 0 Å². The molecule has 0 saturated heterocycles. The van der Waals surface area contributed by atoms with Crippen molar-refractivity contribution in [1.82, 2.24) is 20.0 Å². The summed E-state index contributed by atoms with van der Waals surface area (Å²) in [5.41, 5.74) is 1.03. The smallest absolute Gasteiger partial charge is 0.206 e. The Morgan fingerprint density at radius 1 is 1.40 bits per heavy atom. The normalized spacial score (nSPS) is 10.5. The first kappa shape index (κ1) is 10.1. The Labute approximate surface area is 92.2 Å². The lowest BCUT2D eigenvalue weighted by molar-refractivity contribution is 0.666. The largest absolute Gasteiger partial charge is 0.360 e. The highest BCUT2D eigenvalue weighted by molar-refractivity contribution is 7.18. The average Bonchev–Trinajstić information content (AvgIpc) is 2.84. The Balaban J connectivity index is 2.28. The number of hydrogen-bond donors (Lipinski definition) is 1. The van der Waals surface area contributed by atoms with Gasteiger partial charge in [0.25, 0.3) is 0 Å². The van der Waals surface area contributed by atoms with Gasteiger partial charge in [0.1, 0.15) is 0 Å². The molecule has 2 aromatic heterocycles. The highest BCUT2D eigenvalue weighted by Crippen LogP contribution is 2.25. The minimum absolute atomic E-state index is 0.846. The van der Waals surface area contributed by atoms with Crippen LogP contribution in [0, 0.1) is 0 Å². The highest BCUT2D eigenvalue weighted by atomic mass is 32.1. The summed E-state index contributed by atoms with van der Waals surface area (Å²) in [4.78, 5) is 0.